The van der Waals surface area contributed by atoms with Gasteiger partial charge in [0.2, 0.25) is 0 Å². The van der Waals surface area contributed by atoms with Gasteiger partial charge in [-0.1, -0.05) is 23.4 Å². The van der Waals surface area contributed by atoms with Crippen molar-refractivity contribution >= 4 is 11.6 Å². The highest BCUT2D eigenvalue weighted by Gasteiger charge is 1.94. The molecule has 1 rings (SSSR count). The van der Waals surface area contributed by atoms with Gasteiger partial charge in [0.05, 0.1) is 0 Å². The molecule has 1 aromatic carbocycles. The number of benzene rings is 1. The second-order valence-electron chi connectivity index (χ2n) is 2.91. The first-order valence-electron chi connectivity index (χ1n) is 4.05. The highest BCUT2D eigenvalue weighted by atomic mass is 35.5. The molecular weight excluding hydrogens is 184 g/mol. The van der Waals surface area contributed by atoms with Gasteiger partial charge in [0, 0.05) is 10.6 Å². The first-order valence-corrected chi connectivity index (χ1v) is 4.43. The average molecular weight is 195 g/mol. The molecule has 0 amide bonds. The first-order chi connectivity index (χ1) is 6.09. The first kappa shape index (κ1) is 10.1. The zero-order valence-electron chi connectivity index (χ0n) is 7.63. The lowest BCUT2D eigenvalue weighted by atomic mass is 10.1. The van der Waals surface area contributed by atoms with Crippen molar-refractivity contribution in [2.24, 2.45) is 0 Å². The summed E-state index contributed by atoms with van der Waals surface area (Å²) >= 11 is 5.85. The van der Waals surface area contributed by atoms with E-state index in [0.717, 1.165) is 16.1 Å². The van der Waals surface area contributed by atoms with Crippen molar-refractivity contribution in [3.63, 3.8) is 0 Å². The molecule has 13 heavy (non-hydrogen) atoms. The number of hydrogen-bond acceptors (Lipinski definition) is 1. The highest BCUT2D eigenvalue weighted by molar-refractivity contribution is 6.31. The minimum atomic E-state index is -0.587. The summed E-state index contributed by atoms with van der Waals surface area (Å²) in [7, 11) is 0. The molecule has 0 saturated heterocycles. The average Bonchev–Trinajstić information content (AvgIpc) is 2.07. The van der Waals surface area contributed by atoms with Crippen molar-refractivity contribution in [1.29, 1.82) is 0 Å². The summed E-state index contributed by atoms with van der Waals surface area (Å²) in [6.07, 6.45) is -0.587. The second kappa shape index (κ2) is 4.32. The Kier molecular flexibility index (Phi) is 3.36. The Labute approximate surface area is 83.4 Å². The number of aryl methyl sites for hydroxylation is 1. The largest absolute Gasteiger partial charge is 0.381 e. The minimum Gasteiger partial charge on any atom is -0.381 e. The van der Waals surface area contributed by atoms with Gasteiger partial charge in [-0.05, 0) is 37.6 Å². The Morgan fingerprint density at radius 3 is 2.69 bits per heavy atom. The fourth-order valence-electron chi connectivity index (χ4n) is 0.910. The topological polar surface area (TPSA) is 20.2 Å². The number of aliphatic hydroxyl groups is 1. The number of halogens is 1. The van der Waals surface area contributed by atoms with E-state index in [0.29, 0.717) is 0 Å². The molecule has 1 atom stereocenters. The van der Waals surface area contributed by atoms with E-state index in [4.69, 9.17) is 16.7 Å². The molecule has 0 aliphatic carbocycles. The molecule has 0 heterocycles. The predicted molar refractivity (Wildman–Crippen MR) is 54.7 cm³/mol. The van der Waals surface area contributed by atoms with E-state index in [2.05, 4.69) is 11.8 Å². The van der Waals surface area contributed by atoms with Crippen LogP contribution >= 0.6 is 11.6 Å². The lowest BCUT2D eigenvalue weighted by molar-refractivity contribution is 0.253. The molecule has 1 aromatic rings. The summed E-state index contributed by atoms with van der Waals surface area (Å²) in [6.45, 7) is 3.56. The molecule has 1 N–H and O–H groups in total. The van der Waals surface area contributed by atoms with Crippen LogP contribution in [0.5, 0.6) is 0 Å². The maximum atomic E-state index is 8.94. The van der Waals surface area contributed by atoms with Crippen molar-refractivity contribution in [2.45, 2.75) is 20.0 Å². The van der Waals surface area contributed by atoms with Crippen LogP contribution in [0.2, 0.25) is 5.02 Å². The monoisotopic (exact) mass is 194 g/mol. The molecule has 2 heteroatoms. The Morgan fingerprint density at radius 1 is 1.46 bits per heavy atom. The van der Waals surface area contributed by atoms with Crippen LogP contribution in [-0.2, 0) is 0 Å². The molecule has 0 radical (unpaired) electrons. The van der Waals surface area contributed by atoms with E-state index in [1.807, 2.05) is 25.1 Å². The molecule has 0 fully saturated rings. The minimum absolute atomic E-state index is 0.587. The van der Waals surface area contributed by atoms with Crippen molar-refractivity contribution in [3.8, 4) is 11.8 Å². The molecule has 68 valence electrons. The second-order valence-corrected chi connectivity index (χ2v) is 3.32. The summed E-state index contributed by atoms with van der Waals surface area (Å²) in [4.78, 5) is 0. The van der Waals surface area contributed by atoms with Crippen molar-refractivity contribution < 1.29 is 5.11 Å². The zero-order chi connectivity index (χ0) is 9.84. The van der Waals surface area contributed by atoms with Crippen LogP contribution in [0.15, 0.2) is 18.2 Å². The van der Waals surface area contributed by atoms with Crippen molar-refractivity contribution in [2.75, 3.05) is 0 Å². The van der Waals surface area contributed by atoms with Crippen LogP contribution in [0.25, 0.3) is 0 Å². The number of rotatable bonds is 0. The van der Waals surface area contributed by atoms with Gasteiger partial charge < -0.3 is 5.11 Å². The molecular formula is C11H11ClO. The lowest BCUT2D eigenvalue weighted by Crippen LogP contribution is -1.92. The molecule has 1 nitrogen and oxygen atoms in total. The molecule has 0 spiro atoms. The molecule has 1 unspecified atom stereocenters. The van der Waals surface area contributed by atoms with Gasteiger partial charge in [0.25, 0.3) is 0 Å². The van der Waals surface area contributed by atoms with E-state index in [9.17, 15) is 0 Å². The van der Waals surface area contributed by atoms with Gasteiger partial charge in [0.15, 0.2) is 0 Å². The van der Waals surface area contributed by atoms with Crippen LogP contribution in [0.3, 0.4) is 0 Å². The van der Waals surface area contributed by atoms with Crippen molar-refractivity contribution in [1.82, 2.24) is 0 Å². The predicted octanol–water partition coefficient (Wildman–Crippen LogP) is 2.38. The maximum absolute atomic E-state index is 8.94. The molecule has 0 bridgehead atoms. The summed E-state index contributed by atoms with van der Waals surface area (Å²) in [5, 5.41) is 9.68. The van der Waals surface area contributed by atoms with Crippen LogP contribution < -0.4 is 0 Å². The Morgan fingerprint density at radius 2 is 2.15 bits per heavy atom. The normalized spacial score (nSPS) is 11.7. The van der Waals surface area contributed by atoms with Gasteiger partial charge in [-0.3, -0.25) is 0 Å². The molecule has 0 aliphatic heterocycles. The third-order valence-corrected chi connectivity index (χ3v) is 2.01. The Hall–Kier alpha value is -0.970. The third kappa shape index (κ3) is 3.10. The summed E-state index contributed by atoms with van der Waals surface area (Å²) in [5.41, 5.74) is 1.88. The van der Waals surface area contributed by atoms with Crippen LogP contribution in [0, 0.1) is 18.8 Å². The van der Waals surface area contributed by atoms with Crippen molar-refractivity contribution in [3.05, 3.63) is 34.3 Å². The summed E-state index contributed by atoms with van der Waals surface area (Å²) < 4.78 is 0. The standard InChI is InChI=1S/C11H11ClO/c1-8-7-10(4-3-9(2)13)5-6-11(8)12/h5-7,9,13H,1-2H3. The fraction of sp³-hybridized carbons (Fsp3) is 0.273. The molecule has 0 aliphatic rings. The Balaban J connectivity index is 2.94. The van der Waals surface area contributed by atoms with E-state index < -0.39 is 6.10 Å². The fourth-order valence-corrected chi connectivity index (χ4v) is 1.03. The number of hydrogen-bond donors (Lipinski definition) is 1. The van der Waals surface area contributed by atoms with Crippen LogP contribution in [0.1, 0.15) is 18.1 Å². The van der Waals surface area contributed by atoms with Gasteiger partial charge in [-0.15, -0.1) is 0 Å². The summed E-state index contributed by atoms with van der Waals surface area (Å²) in [5.74, 6) is 5.52. The van der Waals surface area contributed by atoms with Gasteiger partial charge in [-0.25, -0.2) is 0 Å². The third-order valence-electron chi connectivity index (χ3n) is 1.58. The van der Waals surface area contributed by atoms with Gasteiger partial charge in [-0.2, -0.15) is 0 Å². The molecule has 0 saturated carbocycles. The molecule has 0 aromatic heterocycles. The van der Waals surface area contributed by atoms with Crippen LogP contribution in [-0.4, -0.2) is 11.2 Å². The maximum Gasteiger partial charge on any atom is 0.112 e. The van der Waals surface area contributed by atoms with Crippen LogP contribution in [0.4, 0.5) is 0 Å². The van der Waals surface area contributed by atoms with E-state index in [-0.39, 0.29) is 0 Å². The van der Waals surface area contributed by atoms with E-state index in [1.54, 1.807) is 6.92 Å². The highest BCUT2D eigenvalue weighted by Crippen LogP contribution is 2.15. The van der Waals surface area contributed by atoms with E-state index >= 15 is 0 Å². The lowest BCUT2D eigenvalue weighted by Gasteiger charge is -1.97. The summed E-state index contributed by atoms with van der Waals surface area (Å²) in [6, 6.07) is 5.55. The SMILES string of the molecule is Cc1cc(C#CC(C)O)ccc1Cl. The van der Waals surface area contributed by atoms with Gasteiger partial charge in [0.1, 0.15) is 6.10 Å². The van der Waals surface area contributed by atoms with Gasteiger partial charge >= 0.3 is 0 Å². The Bertz CT molecular complexity index is 358. The van der Waals surface area contributed by atoms with E-state index in [1.165, 1.54) is 0 Å². The zero-order valence-corrected chi connectivity index (χ0v) is 8.39. The number of aliphatic hydroxyl groups excluding tert-OH is 1. The smallest absolute Gasteiger partial charge is 0.112 e. The quantitative estimate of drug-likeness (QED) is 0.629.